The van der Waals surface area contributed by atoms with Crippen LogP contribution in [0.2, 0.25) is 0 Å². The molecule has 1 aliphatic heterocycles. The number of piperidine rings is 1. The Hall–Kier alpha value is -1.40. The first-order valence-corrected chi connectivity index (χ1v) is 9.47. The molecule has 1 amide bonds. The highest BCUT2D eigenvalue weighted by atomic mass is 32.2. The molecule has 0 radical (unpaired) electrons. The summed E-state index contributed by atoms with van der Waals surface area (Å²) < 4.78 is 24.4. The van der Waals surface area contributed by atoms with Crippen LogP contribution in [0.4, 0.5) is 0 Å². The van der Waals surface area contributed by atoms with Gasteiger partial charge in [-0.2, -0.15) is 0 Å². The molecular weight excluding hydrogens is 300 g/mol. The number of carbonyl (C=O) groups is 1. The highest BCUT2D eigenvalue weighted by Gasteiger charge is 2.24. The molecule has 1 fully saturated rings. The number of sulfonamides is 1. The van der Waals surface area contributed by atoms with Crippen LogP contribution in [-0.4, -0.2) is 44.5 Å². The van der Waals surface area contributed by atoms with Crippen LogP contribution in [0.5, 0.6) is 0 Å². The van der Waals surface area contributed by atoms with Crippen LogP contribution < -0.4 is 5.32 Å². The molecule has 1 aromatic carbocycles. The summed E-state index contributed by atoms with van der Waals surface area (Å²) in [5.74, 6) is 0.388. The van der Waals surface area contributed by atoms with E-state index in [2.05, 4.69) is 5.32 Å². The van der Waals surface area contributed by atoms with Crippen molar-refractivity contribution in [2.75, 3.05) is 25.9 Å². The first kappa shape index (κ1) is 17.0. The summed E-state index contributed by atoms with van der Waals surface area (Å²) in [5, 5.41) is 2.97. The highest BCUT2D eigenvalue weighted by Crippen LogP contribution is 2.18. The second-order valence-corrected chi connectivity index (χ2v) is 8.00. The molecule has 122 valence electrons. The summed E-state index contributed by atoms with van der Waals surface area (Å²) in [6.45, 7) is 3.74. The van der Waals surface area contributed by atoms with Crippen LogP contribution in [0, 0.1) is 12.8 Å². The average Bonchev–Trinajstić information content (AvgIpc) is 2.47. The molecule has 0 aromatic heterocycles. The molecule has 2 rings (SSSR count). The lowest BCUT2D eigenvalue weighted by atomic mass is 9.98. The SMILES string of the molecule is Cc1ccccc1CC(=O)NCC1CCN(S(C)(=O)=O)CC1. The molecule has 5 nitrogen and oxygen atoms in total. The van der Waals surface area contributed by atoms with Gasteiger partial charge in [0.25, 0.3) is 0 Å². The Labute approximate surface area is 132 Å². The fourth-order valence-electron chi connectivity index (χ4n) is 2.75. The number of rotatable bonds is 5. The zero-order valence-electron chi connectivity index (χ0n) is 13.2. The van der Waals surface area contributed by atoms with Gasteiger partial charge in [0.1, 0.15) is 0 Å². The second kappa shape index (κ2) is 7.24. The van der Waals surface area contributed by atoms with E-state index in [0.29, 0.717) is 32.0 Å². The Morgan fingerprint density at radius 3 is 2.50 bits per heavy atom. The minimum Gasteiger partial charge on any atom is -0.356 e. The third-order valence-electron chi connectivity index (χ3n) is 4.24. The fraction of sp³-hybridized carbons (Fsp3) is 0.562. The van der Waals surface area contributed by atoms with Crippen LogP contribution in [0.3, 0.4) is 0 Å². The van der Waals surface area contributed by atoms with Crippen LogP contribution >= 0.6 is 0 Å². The Morgan fingerprint density at radius 1 is 1.27 bits per heavy atom. The van der Waals surface area contributed by atoms with Gasteiger partial charge in [0.2, 0.25) is 15.9 Å². The molecule has 0 atom stereocenters. The van der Waals surface area contributed by atoms with E-state index in [1.807, 2.05) is 31.2 Å². The van der Waals surface area contributed by atoms with Crippen molar-refractivity contribution in [3.63, 3.8) is 0 Å². The van der Waals surface area contributed by atoms with Gasteiger partial charge in [-0.15, -0.1) is 0 Å². The van der Waals surface area contributed by atoms with Gasteiger partial charge in [-0.25, -0.2) is 12.7 Å². The van der Waals surface area contributed by atoms with Crippen LogP contribution in [0.25, 0.3) is 0 Å². The number of nitrogens with zero attached hydrogens (tertiary/aromatic N) is 1. The number of hydrogen-bond donors (Lipinski definition) is 1. The molecule has 1 aromatic rings. The molecule has 0 bridgehead atoms. The summed E-state index contributed by atoms with van der Waals surface area (Å²) in [4.78, 5) is 12.0. The number of hydrogen-bond acceptors (Lipinski definition) is 3. The van der Waals surface area contributed by atoms with E-state index in [-0.39, 0.29) is 5.91 Å². The van der Waals surface area contributed by atoms with E-state index < -0.39 is 10.0 Å². The van der Waals surface area contributed by atoms with Gasteiger partial charge in [-0.3, -0.25) is 4.79 Å². The monoisotopic (exact) mass is 324 g/mol. The fourth-order valence-corrected chi connectivity index (χ4v) is 3.62. The predicted octanol–water partition coefficient (Wildman–Crippen LogP) is 1.33. The Bertz CT molecular complexity index is 620. The van der Waals surface area contributed by atoms with Crippen molar-refractivity contribution in [1.82, 2.24) is 9.62 Å². The molecule has 1 N–H and O–H groups in total. The zero-order chi connectivity index (χ0) is 16.2. The molecule has 1 saturated heterocycles. The Kier molecular flexibility index (Phi) is 5.58. The lowest BCUT2D eigenvalue weighted by molar-refractivity contribution is -0.120. The average molecular weight is 324 g/mol. The van der Waals surface area contributed by atoms with E-state index in [9.17, 15) is 13.2 Å². The number of benzene rings is 1. The Balaban J connectivity index is 1.75. The maximum Gasteiger partial charge on any atom is 0.224 e. The lowest BCUT2D eigenvalue weighted by Crippen LogP contribution is -2.41. The molecule has 1 heterocycles. The van der Waals surface area contributed by atoms with Gasteiger partial charge in [-0.1, -0.05) is 24.3 Å². The van der Waals surface area contributed by atoms with Gasteiger partial charge < -0.3 is 5.32 Å². The number of nitrogens with one attached hydrogen (secondary N) is 1. The van der Waals surface area contributed by atoms with Gasteiger partial charge in [0, 0.05) is 19.6 Å². The van der Waals surface area contributed by atoms with E-state index >= 15 is 0 Å². The molecule has 22 heavy (non-hydrogen) atoms. The van der Waals surface area contributed by atoms with Crippen LogP contribution in [0.15, 0.2) is 24.3 Å². The molecule has 0 spiro atoms. The number of amides is 1. The van der Waals surface area contributed by atoms with E-state index in [4.69, 9.17) is 0 Å². The highest BCUT2D eigenvalue weighted by molar-refractivity contribution is 7.88. The lowest BCUT2D eigenvalue weighted by Gasteiger charge is -2.30. The van der Waals surface area contributed by atoms with E-state index in [0.717, 1.165) is 24.0 Å². The maximum atomic E-state index is 12.0. The topological polar surface area (TPSA) is 66.5 Å². The summed E-state index contributed by atoms with van der Waals surface area (Å²) in [5.41, 5.74) is 2.17. The summed E-state index contributed by atoms with van der Waals surface area (Å²) in [6.07, 6.45) is 3.25. The van der Waals surface area contributed by atoms with Gasteiger partial charge in [-0.05, 0) is 36.8 Å². The third kappa shape index (κ3) is 4.81. The molecule has 0 unspecified atom stereocenters. The second-order valence-electron chi connectivity index (χ2n) is 6.01. The zero-order valence-corrected chi connectivity index (χ0v) is 14.0. The first-order valence-electron chi connectivity index (χ1n) is 7.62. The standard InChI is InChI=1S/C16H24N2O3S/c1-13-5-3-4-6-15(13)11-16(19)17-12-14-7-9-18(10-8-14)22(2,20)21/h3-6,14H,7-12H2,1-2H3,(H,17,19). The van der Waals surface area contributed by atoms with Crippen molar-refractivity contribution < 1.29 is 13.2 Å². The van der Waals surface area contributed by atoms with Crippen molar-refractivity contribution in [3.8, 4) is 0 Å². The molecule has 1 aliphatic rings. The van der Waals surface area contributed by atoms with E-state index in [1.54, 1.807) is 0 Å². The molecule has 6 heteroatoms. The first-order chi connectivity index (χ1) is 10.4. The predicted molar refractivity (Wildman–Crippen MR) is 87.0 cm³/mol. The smallest absolute Gasteiger partial charge is 0.224 e. The number of carbonyl (C=O) groups excluding carboxylic acids is 1. The van der Waals surface area contributed by atoms with Crippen molar-refractivity contribution in [1.29, 1.82) is 0 Å². The maximum absolute atomic E-state index is 12.0. The number of aryl methyl sites for hydroxylation is 1. The van der Waals surface area contributed by atoms with Crippen molar-refractivity contribution in [2.45, 2.75) is 26.2 Å². The molecule has 0 saturated carbocycles. The minimum absolute atomic E-state index is 0.0276. The van der Waals surface area contributed by atoms with Crippen LogP contribution in [-0.2, 0) is 21.2 Å². The normalized spacial score (nSPS) is 17.4. The summed E-state index contributed by atoms with van der Waals surface area (Å²) in [7, 11) is -3.08. The molecular formula is C16H24N2O3S. The van der Waals surface area contributed by atoms with Gasteiger partial charge >= 0.3 is 0 Å². The summed E-state index contributed by atoms with van der Waals surface area (Å²) >= 11 is 0. The van der Waals surface area contributed by atoms with Gasteiger partial charge in [0.05, 0.1) is 12.7 Å². The van der Waals surface area contributed by atoms with Crippen molar-refractivity contribution >= 4 is 15.9 Å². The third-order valence-corrected chi connectivity index (χ3v) is 5.55. The van der Waals surface area contributed by atoms with Crippen LogP contribution in [0.1, 0.15) is 24.0 Å². The molecule has 0 aliphatic carbocycles. The quantitative estimate of drug-likeness (QED) is 0.888. The van der Waals surface area contributed by atoms with Crippen molar-refractivity contribution in [2.24, 2.45) is 5.92 Å². The Morgan fingerprint density at radius 2 is 1.91 bits per heavy atom. The van der Waals surface area contributed by atoms with Gasteiger partial charge in [0.15, 0.2) is 0 Å². The largest absolute Gasteiger partial charge is 0.356 e. The van der Waals surface area contributed by atoms with Crippen molar-refractivity contribution in [3.05, 3.63) is 35.4 Å². The minimum atomic E-state index is -3.08. The summed E-state index contributed by atoms with van der Waals surface area (Å²) in [6, 6.07) is 7.88. The van der Waals surface area contributed by atoms with E-state index in [1.165, 1.54) is 10.6 Å².